The van der Waals surface area contributed by atoms with Gasteiger partial charge in [-0.15, -0.1) is 0 Å². The summed E-state index contributed by atoms with van der Waals surface area (Å²) in [5.41, 5.74) is 2.91. The Morgan fingerprint density at radius 3 is 2.25 bits per heavy atom. The molecule has 3 amide bonds. The Balaban J connectivity index is 1.32. The summed E-state index contributed by atoms with van der Waals surface area (Å²) in [6.07, 6.45) is 0. The lowest BCUT2D eigenvalue weighted by atomic mass is 10.2. The van der Waals surface area contributed by atoms with Crippen LogP contribution in [0.15, 0.2) is 54.6 Å². The van der Waals surface area contributed by atoms with Crippen LogP contribution in [-0.2, 0) is 6.54 Å². The molecule has 1 aliphatic rings. The first-order chi connectivity index (χ1) is 13.7. The van der Waals surface area contributed by atoms with Gasteiger partial charge in [0.15, 0.2) is 0 Å². The molecule has 1 saturated heterocycles. The predicted octanol–water partition coefficient (Wildman–Crippen LogP) is 2.47. The van der Waals surface area contributed by atoms with Crippen LogP contribution in [0.5, 0.6) is 0 Å². The second kappa shape index (κ2) is 10.6. The van der Waals surface area contributed by atoms with Crippen LogP contribution < -0.4 is 20.9 Å². The van der Waals surface area contributed by atoms with Gasteiger partial charge in [0.25, 0.3) is 5.91 Å². The normalized spacial score (nSPS) is 13.6. The first-order valence-corrected chi connectivity index (χ1v) is 10.6. The molecule has 6 nitrogen and oxygen atoms in total. The van der Waals surface area contributed by atoms with Gasteiger partial charge < -0.3 is 20.9 Å². The maximum absolute atomic E-state index is 11.9. The zero-order valence-corrected chi connectivity index (χ0v) is 16.6. The highest BCUT2D eigenvalue weighted by atomic mass is 32.2. The van der Waals surface area contributed by atoms with Crippen molar-refractivity contribution >= 4 is 29.4 Å². The molecule has 0 aromatic heterocycles. The molecule has 0 unspecified atom stereocenters. The van der Waals surface area contributed by atoms with Crippen molar-refractivity contribution in [3.05, 3.63) is 65.7 Å². The zero-order chi connectivity index (χ0) is 19.6. The first-order valence-electron chi connectivity index (χ1n) is 9.49. The SMILES string of the molecule is O=C(NCCNC(=O)c1ccccc1)NCc1ccc(N2CCSCC2)cc1. The fourth-order valence-electron chi connectivity index (χ4n) is 2.93. The second-order valence-electron chi connectivity index (χ2n) is 6.50. The zero-order valence-electron chi connectivity index (χ0n) is 15.8. The molecule has 1 aliphatic heterocycles. The lowest BCUT2D eigenvalue weighted by Crippen LogP contribution is -2.40. The number of hydrogen-bond donors (Lipinski definition) is 3. The predicted molar refractivity (Wildman–Crippen MR) is 115 cm³/mol. The molecule has 7 heteroatoms. The number of carbonyl (C=O) groups is 2. The molecule has 3 rings (SSSR count). The van der Waals surface area contributed by atoms with Crippen molar-refractivity contribution in [3.8, 4) is 0 Å². The molecule has 0 spiro atoms. The van der Waals surface area contributed by atoms with Crippen LogP contribution in [0.4, 0.5) is 10.5 Å². The summed E-state index contributed by atoms with van der Waals surface area (Å²) in [5.74, 6) is 2.21. The van der Waals surface area contributed by atoms with Crippen molar-refractivity contribution in [1.29, 1.82) is 0 Å². The molecule has 3 N–H and O–H groups in total. The summed E-state index contributed by atoms with van der Waals surface area (Å²) >= 11 is 2.00. The second-order valence-corrected chi connectivity index (χ2v) is 7.72. The Bertz CT molecular complexity index is 762. The van der Waals surface area contributed by atoms with E-state index in [0.29, 0.717) is 25.2 Å². The number of hydrogen-bond acceptors (Lipinski definition) is 4. The minimum Gasteiger partial charge on any atom is -0.370 e. The average Bonchev–Trinajstić information content (AvgIpc) is 2.76. The molecule has 0 radical (unpaired) electrons. The van der Waals surface area contributed by atoms with Crippen molar-refractivity contribution in [3.63, 3.8) is 0 Å². The number of nitrogens with one attached hydrogen (secondary N) is 3. The van der Waals surface area contributed by atoms with E-state index in [-0.39, 0.29) is 11.9 Å². The van der Waals surface area contributed by atoms with Crippen LogP contribution in [0.25, 0.3) is 0 Å². The summed E-state index contributed by atoms with van der Waals surface area (Å²) in [6, 6.07) is 17.1. The minimum absolute atomic E-state index is 0.143. The van der Waals surface area contributed by atoms with Crippen molar-refractivity contribution in [1.82, 2.24) is 16.0 Å². The Morgan fingerprint density at radius 1 is 0.857 bits per heavy atom. The van der Waals surface area contributed by atoms with Crippen LogP contribution in [0, 0.1) is 0 Å². The Hall–Kier alpha value is -2.67. The van der Waals surface area contributed by atoms with Crippen LogP contribution in [-0.4, -0.2) is 49.6 Å². The largest absolute Gasteiger partial charge is 0.370 e. The van der Waals surface area contributed by atoms with Crippen molar-refractivity contribution in [2.75, 3.05) is 42.6 Å². The molecular weight excluding hydrogens is 372 g/mol. The van der Waals surface area contributed by atoms with Gasteiger partial charge in [-0.05, 0) is 29.8 Å². The number of rotatable bonds is 7. The van der Waals surface area contributed by atoms with Gasteiger partial charge in [0.2, 0.25) is 0 Å². The highest BCUT2D eigenvalue weighted by molar-refractivity contribution is 7.99. The number of thioether (sulfide) groups is 1. The molecule has 0 saturated carbocycles. The van der Waals surface area contributed by atoms with E-state index in [1.807, 2.05) is 30.0 Å². The molecule has 2 aromatic carbocycles. The van der Waals surface area contributed by atoms with Crippen molar-refractivity contribution in [2.24, 2.45) is 0 Å². The van der Waals surface area contributed by atoms with Gasteiger partial charge in [0.1, 0.15) is 0 Å². The van der Waals surface area contributed by atoms with Gasteiger partial charge >= 0.3 is 6.03 Å². The quantitative estimate of drug-likeness (QED) is 0.627. The van der Waals surface area contributed by atoms with Crippen molar-refractivity contribution in [2.45, 2.75) is 6.54 Å². The summed E-state index contributed by atoms with van der Waals surface area (Å²) in [6.45, 7) is 3.40. The Labute approximate surface area is 170 Å². The van der Waals surface area contributed by atoms with Crippen molar-refractivity contribution < 1.29 is 9.59 Å². The third-order valence-electron chi connectivity index (χ3n) is 4.50. The number of amides is 3. The van der Waals surface area contributed by atoms with Gasteiger partial charge in [-0.2, -0.15) is 11.8 Å². The summed E-state index contributed by atoms with van der Waals surface area (Å²) < 4.78 is 0. The summed E-state index contributed by atoms with van der Waals surface area (Å²) in [5, 5.41) is 8.36. The number of anilines is 1. The van der Waals surface area contributed by atoms with Crippen LogP contribution in [0.3, 0.4) is 0 Å². The van der Waals surface area contributed by atoms with Gasteiger partial charge in [0, 0.05) is 55.5 Å². The van der Waals surface area contributed by atoms with E-state index >= 15 is 0 Å². The molecule has 2 aromatic rings. The Kier molecular flexibility index (Phi) is 7.61. The fourth-order valence-corrected chi connectivity index (χ4v) is 3.84. The average molecular weight is 399 g/mol. The van der Waals surface area contributed by atoms with E-state index in [0.717, 1.165) is 18.7 Å². The molecular formula is C21H26N4O2S. The van der Waals surface area contributed by atoms with Gasteiger partial charge in [-0.3, -0.25) is 4.79 Å². The van der Waals surface area contributed by atoms with E-state index in [1.54, 1.807) is 12.1 Å². The summed E-state index contributed by atoms with van der Waals surface area (Å²) in [4.78, 5) is 26.2. The molecule has 28 heavy (non-hydrogen) atoms. The molecule has 148 valence electrons. The number of benzene rings is 2. The molecule has 0 bridgehead atoms. The van der Waals surface area contributed by atoms with Crippen LogP contribution in [0.2, 0.25) is 0 Å². The number of carbonyl (C=O) groups excluding carboxylic acids is 2. The molecule has 0 atom stereocenters. The van der Waals surface area contributed by atoms with E-state index in [1.165, 1.54) is 17.2 Å². The monoisotopic (exact) mass is 398 g/mol. The third kappa shape index (κ3) is 6.20. The van der Waals surface area contributed by atoms with E-state index in [4.69, 9.17) is 0 Å². The topological polar surface area (TPSA) is 73.5 Å². The summed E-state index contributed by atoms with van der Waals surface area (Å²) in [7, 11) is 0. The molecule has 0 aliphatic carbocycles. The molecule has 1 fully saturated rings. The van der Waals surface area contributed by atoms with E-state index in [9.17, 15) is 9.59 Å². The minimum atomic E-state index is -0.244. The first kappa shape index (κ1) is 20.1. The lowest BCUT2D eigenvalue weighted by Gasteiger charge is -2.28. The fraction of sp³-hybridized carbons (Fsp3) is 0.333. The highest BCUT2D eigenvalue weighted by Crippen LogP contribution is 2.19. The molecule has 1 heterocycles. The van der Waals surface area contributed by atoms with Gasteiger partial charge in [0.05, 0.1) is 0 Å². The standard InChI is InChI=1S/C21H26N4O2S/c26-20(18-4-2-1-3-5-18)22-10-11-23-21(27)24-16-17-6-8-19(9-7-17)25-12-14-28-15-13-25/h1-9H,10-16H2,(H,22,26)(H2,23,24,27). The van der Waals surface area contributed by atoms with E-state index in [2.05, 4.69) is 45.1 Å². The smallest absolute Gasteiger partial charge is 0.315 e. The van der Waals surface area contributed by atoms with Crippen LogP contribution in [0.1, 0.15) is 15.9 Å². The van der Waals surface area contributed by atoms with E-state index < -0.39 is 0 Å². The van der Waals surface area contributed by atoms with Gasteiger partial charge in [-0.1, -0.05) is 30.3 Å². The van der Waals surface area contributed by atoms with Crippen LogP contribution >= 0.6 is 11.8 Å². The maximum atomic E-state index is 11.9. The highest BCUT2D eigenvalue weighted by Gasteiger charge is 2.11. The maximum Gasteiger partial charge on any atom is 0.315 e. The number of urea groups is 1. The van der Waals surface area contributed by atoms with Gasteiger partial charge in [-0.25, -0.2) is 4.79 Å². The number of nitrogens with zero attached hydrogens (tertiary/aromatic N) is 1. The Morgan fingerprint density at radius 2 is 1.54 bits per heavy atom. The third-order valence-corrected chi connectivity index (χ3v) is 5.44. The lowest BCUT2D eigenvalue weighted by molar-refractivity contribution is 0.0954.